The van der Waals surface area contributed by atoms with Crippen molar-refractivity contribution >= 4 is 17.6 Å². The van der Waals surface area contributed by atoms with Crippen LogP contribution >= 0.6 is 0 Å². The highest BCUT2D eigenvalue weighted by molar-refractivity contribution is 5.91. The van der Waals surface area contributed by atoms with Gasteiger partial charge in [0.15, 0.2) is 0 Å². The van der Waals surface area contributed by atoms with Crippen molar-refractivity contribution in [3.8, 4) is 0 Å². The van der Waals surface area contributed by atoms with Crippen molar-refractivity contribution in [2.45, 2.75) is 31.7 Å². The summed E-state index contributed by atoms with van der Waals surface area (Å²) in [4.78, 5) is 26.4. The molecule has 3 N–H and O–H groups in total. The molecular formula is C14H19N3O3. The van der Waals surface area contributed by atoms with Gasteiger partial charge in [0.2, 0.25) is 0 Å². The molecule has 20 heavy (non-hydrogen) atoms. The number of rotatable bonds is 4. The van der Waals surface area contributed by atoms with Crippen molar-refractivity contribution in [1.82, 2.24) is 4.98 Å². The minimum atomic E-state index is -0.539. The van der Waals surface area contributed by atoms with Crippen molar-refractivity contribution in [3.63, 3.8) is 0 Å². The Morgan fingerprint density at radius 1 is 1.35 bits per heavy atom. The van der Waals surface area contributed by atoms with Gasteiger partial charge in [-0.25, -0.2) is 0 Å². The molecule has 6 nitrogen and oxygen atoms in total. The van der Waals surface area contributed by atoms with E-state index in [1.807, 2.05) is 0 Å². The predicted octanol–water partition coefficient (Wildman–Crippen LogP) is 1.32. The molecule has 1 fully saturated rings. The van der Waals surface area contributed by atoms with Crippen LogP contribution in [0.3, 0.4) is 0 Å². The molecule has 2 rings (SSSR count). The summed E-state index contributed by atoms with van der Waals surface area (Å²) in [6.07, 6.45) is 4.99. The Bertz CT molecular complexity index is 496. The van der Waals surface area contributed by atoms with Crippen LogP contribution in [0.1, 0.15) is 36.2 Å². The Morgan fingerprint density at radius 2 is 2.05 bits per heavy atom. The number of primary amides is 1. The maximum atomic E-state index is 11.4. The lowest BCUT2D eigenvalue weighted by atomic mass is 9.86. The first-order chi connectivity index (χ1) is 9.60. The van der Waals surface area contributed by atoms with Crippen LogP contribution in [0.5, 0.6) is 0 Å². The van der Waals surface area contributed by atoms with Crippen molar-refractivity contribution in [2.75, 3.05) is 12.4 Å². The smallest absolute Gasteiger partial charge is 0.308 e. The number of carbonyl (C=O) groups excluding carboxylic acids is 2. The lowest BCUT2D eigenvalue weighted by molar-refractivity contribution is -0.146. The van der Waals surface area contributed by atoms with Crippen LogP contribution in [0.4, 0.5) is 5.69 Å². The summed E-state index contributed by atoms with van der Waals surface area (Å²) < 4.78 is 4.77. The van der Waals surface area contributed by atoms with E-state index in [2.05, 4.69) is 10.3 Å². The van der Waals surface area contributed by atoms with E-state index >= 15 is 0 Å². The molecule has 0 aliphatic heterocycles. The van der Waals surface area contributed by atoms with Crippen LogP contribution in [0.25, 0.3) is 0 Å². The molecule has 1 aromatic heterocycles. The van der Waals surface area contributed by atoms with Gasteiger partial charge in [-0.1, -0.05) is 0 Å². The second kappa shape index (κ2) is 6.36. The van der Waals surface area contributed by atoms with Crippen LogP contribution in [0.2, 0.25) is 0 Å². The topological polar surface area (TPSA) is 94.3 Å². The molecule has 0 saturated heterocycles. The fourth-order valence-corrected chi connectivity index (χ4v) is 2.53. The van der Waals surface area contributed by atoms with Crippen molar-refractivity contribution in [2.24, 2.45) is 11.7 Å². The summed E-state index contributed by atoms with van der Waals surface area (Å²) in [5.74, 6) is -0.650. The van der Waals surface area contributed by atoms with Gasteiger partial charge in [-0.2, -0.15) is 0 Å². The fraction of sp³-hybridized carbons (Fsp3) is 0.500. The van der Waals surface area contributed by atoms with E-state index in [1.165, 1.54) is 7.11 Å². The molecule has 1 aliphatic carbocycles. The Balaban J connectivity index is 1.91. The third kappa shape index (κ3) is 3.46. The molecule has 0 bridgehead atoms. The van der Waals surface area contributed by atoms with Crippen molar-refractivity contribution < 1.29 is 14.3 Å². The number of nitrogens with zero attached hydrogens (tertiary/aromatic N) is 1. The Kier molecular flexibility index (Phi) is 4.55. The average molecular weight is 277 g/mol. The first kappa shape index (κ1) is 14.3. The molecule has 0 atom stereocenters. The molecule has 6 heteroatoms. The number of hydrogen-bond donors (Lipinski definition) is 2. The monoisotopic (exact) mass is 277 g/mol. The zero-order valence-electron chi connectivity index (χ0n) is 11.5. The number of ether oxygens (including phenoxy) is 1. The number of anilines is 1. The molecule has 1 heterocycles. The molecule has 1 saturated carbocycles. The summed E-state index contributed by atoms with van der Waals surface area (Å²) in [5, 5.41) is 3.35. The van der Waals surface area contributed by atoms with Crippen molar-refractivity contribution in [1.29, 1.82) is 0 Å². The zero-order valence-corrected chi connectivity index (χ0v) is 11.5. The third-order valence-corrected chi connectivity index (χ3v) is 3.64. The first-order valence-corrected chi connectivity index (χ1v) is 6.70. The van der Waals surface area contributed by atoms with Crippen LogP contribution in [-0.4, -0.2) is 30.0 Å². The highest BCUT2D eigenvalue weighted by Crippen LogP contribution is 2.27. The van der Waals surface area contributed by atoms with E-state index in [1.54, 1.807) is 18.3 Å². The van der Waals surface area contributed by atoms with E-state index < -0.39 is 5.91 Å². The van der Waals surface area contributed by atoms with E-state index in [0.29, 0.717) is 6.04 Å². The maximum Gasteiger partial charge on any atom is 0.308 e. The molecule has 0 unspecified atom stereocenters. The average Bonchev–Trinajstić information content (AvgIpc) is 2.47. The molecule has 1 aliphatic rings. The van der Waals surface area contributed by atoms with Crippen LogP contribution in [0.15, 0.2) is 18.3 Å². The Labute approximate surface area is 117 Å². The lowest BCUT2D eigenvalue weighted by Gasteiger charge is -2.28. The number of pyridine rings is 1. The van der Waals surface area contributed by atoms with Gasteiger partial charge in [-0.3, -0.25) is 14.6 Å². The molecule has 0 aromatic carbocycles. The second-order valence-corrected chi connectivity index (χ2v) is 5.01. The molecule has 1 amide bonds. The number of carbonyl (C=O) groups is 2. The third-order valence-electron chi connectivity index (χ3n) is 3.64. The molecule has 1 aromatic rings. The number of methoxy groups -OCH3 is 1. The quantitative estimate of drug-likeness (QED) is 0.809. The highest BCUT2D eigenvalue weighted by atomic mass is 16.5. The van der Waals surface area contributed by atoms with Gasteiger partial charge in [0, 0.05) is 17.9 Å². The lowest BCUT2D eigenvalue weighted by Crippen LogP contribution is -2.30. The fourth-order valence-electron chi connectivity index (χ4n) is 2.53. The number of amides is 1. The van der Waals surface area contributed by atoms with Gasteiger partial charge in [-0.15, -0.1) is 0 Å². The van der Waals surface area contributed by atoms with Gasteiger partial charge >= 0.3 is 5.97 Å². The first-order valence-electron chi connectivity index (χ1n) is 6.70. The summed E-state index contributed by atoms with van der Waals surface area (Å²) in [5.41, 5.74) is 6.28. The van der Waals surface area contributed by atoms with Gasteiger partial charge in [0.25, 0.3) is 5.91 Å². The number of aromatic nitrogens is 1. The Morgan fingerprint density at radius 3 is 2.65 bits per heavy atom. The van der Waals surface area contributed by atoms with E-state index in [4.69, 9.17) is 10.5 Å². The number of hydrogen-bond acceptors (Lipinski definition) is 5. The second-order valence-electron chi connectivity index (χ2n) is 5.01. The van der Waals surface area contributed by atoms with Gasteiger partial charge in [0.1, 0.15) is 5.69 Å². The molecular weight excluding hydrogens is 258 g/mol. The van der Waals surface area contributed by atoms with Crippen LogP contribution in [-0.2, 0) is 9.53 Å². The normalized spacial score (nSPS) is 22.1. The van der Waals surface area contributed by atoms with Gasteiger partial charge < -0.3 is 15.8 Å². The van der Waals surface area contributed by atoms with Gasteiger partial charge in [0.05, 0.1) is 13.0 Å². The molecule has 0 spiro atoms. The number of nitrogens with one attached hydrogen (secondary N) is 1. The van der Waals surface area contributed by atoms with Crippen molar-refractivity contribution in [3.05, 3.63) is 24.0 Å². The van der Waals surface area contributed by atoms with Crippen LogP contribution < -0.4 is 11.1 Å². The summed E-state index contributed by atoms with van der Waals surface area (Å²) in [6, 6.07) is 3.74. The number of esters is 1. The zero-order chi connectivity index (χ0) is 14.5. The van der Waals surface area contributed by atoms with Gasteiger partial charge in [-0.05, 0) is 37.8 Å². The van der Waals surface area contributed by atoms with E-state index in [9.17, 15) is 9.59 Å². The molecule has 108 valence electrons. The minimum Gasteiger partial charge on any atom is -0.469 e. The largest absolute Gasteiger partial charge is 0.469 e. The standard InChI is InChI=1S/C14H19N3O3/c1-20-14(19)9-2-4-10(5-3-9)17-11-6-7-16-12(8-11)13(15)18/h6-10H,2-5H2,1H3,(H2,15,18)(H,16,17). The van der Waals surface area contributed by atoms with E-state index in [0.717, 1.165) is 31.4 Å². The SMILES string of the molecule is COC(=O)C1CCC(Nc2ccnc(C(N)=O)c2)CC1. The predicted molar refractivity (Wildman–Crippen MR) is 74.1 cm³/mol. The number of nitrogens with two attached hydrogens (primary N) is 1. The summed E-state index contributed by atoms with van der Waals surface area (Å²) in [7, 11) is 1.43. The Hall–Kier alpha value is -2.11. The van der Waals surface area contributed by atoms with E-state index in [-0.39, 0.29) is 17.6 Å². The van der Waals surface area contributed by atoms with Crippen LogP contribution in [0, 0.1) is 5.92 Å². The highest BCUT2D eigenvalue weighted by Gasteiger charge is 2.26. The maximum absolute atomic E-state index is 11.4. The summed E-state index contributed by atoms with van der Waals surface area (Å²) >= 11 is 0. The molecule has 0 radical (unpaired) electrons. The summed E-state index contributed by atoms with van der Waals surface area (Å²) in [6.45, 7) is 0. The minimum absolute atomic E-state index is 0.0108.